The number of pyridine rings is 1. The van der Waals surface area contributed by atoms with Crippen LogP contribution in [0.5, 0.6) is 11.6 Å². The summed E-state index contributed by atoms with van der Waals surface area (Å²) < 4.78 is 31.4. The Morgan fingerprint density at radius 1 is 1.36 bits per heavy atom. The summed E-state index contributed by atoms with van der Waals surface area (Å²) in [4.78, 5) is 6.54. The molecule has 1 N–H and O–H groups in total. The molecule has 6 nitrogen and oxygen atoms in total. The first-order valence-electron chi connectivity index (χ1n) is 9.69. The number of methoxy groups -OCH3 is 2. The quantitative estimate of drug-likeness (QED) is 0.803. The third-order valence-corrected chi connectivity index (χ3v) is 5.40. The van der Waals surface area contributed by atoms with Crippen molar-refractivity contribution < 1.29 is 18.6 Å². The van der Waals surface area contributed by atoms with Crippen molar-refractivity contribution in [3.63, 3.8) is 0 Å². The summed E-state index contributed by atoms with van der Waals surface area (Å²) in [6, 6.07) is 3.60. The number of hydrogen-bond donors (Lipinski definition) is 1. The lowest BCUT2D eigenvalue weighted by atomic mass is 10.0. The number of aryl methyl sites for hydroxylation is 1. The molecule has 0 spiro atoms. The van der Waals surface area contributed by atoms with Crippen LogP contribution in [-0.2, 0) is 4.74 Å². The molecule has 0 aromatic carbocycles. The first-order chi connectivity index (χ1) is 13.3. The summed E-state index contributed by atoms with van der Waals surface area (Å²) in [6.45, 7) is 7.42. The summed E-state index contributed by atoms with van der Waals surface area (Å²) in [7, 11) is 3.20. The Labute approximate surface area is 166 Å². The minimum atomic E-state index is -0.698. The van der Waals surface area contributed by atoms with Gasteiger partial charge < -0.3 is 19.5 Å². The fourth-order valence-corrected chi connectivity index (χ4v) is 3.68. The zero-order chi connectivity index (χ0) is 20.3. The molecule has 0 aliphatic carbocycles. The molecule has 1 aromatic heterocycles. The predicted octanol–water partition coefficient (Wildman–Crippen LogP) is 3.33. The Kier molecular flexibility index (Phi) is 6.25. The van der Waals surface area contributed by atoms with Crippen molar-refractivity contribution in [3.8, 4) is 11.6 Å². The number of allylic oxidation sites excluding steroid dienone is 2. The Balaban J connectivity index is 1.69. The summed E-state index contributed by atoms with van der Waals surface area (Å²) in [6.07, 6.45) is 5.15. The van der Waals surface area contributed by atoms with Crippen molar-refractivity contribution in [1.29, 1.82) is 0 Å². The second kappa shape index (κ2) is 8.49. The molecule has 0 bridgehead atoms. The van der Waals surface area contributed by atoms with Crippen LogP contribution >= 0.6 is 0 Å². The lowest BCUT2D eigenvalue weighted by Gasteiger charge is -2.40. The van der Waals surface area contributed by atoms with Crippen molar-refractivity contribution in [2.75, 3.05) is 27.3 Å². The SMILES string of the molecule is COc1cc(OC2CCCN(C(C)C3=C(F)C=CC(C)(OC)N3)C2)cc(C)n1. The molecule has 1 fully saturated rings. The second-order valence-electron chi connectivity index (χ2n) is 7.57. The van der Waals surface area contributed by atoms with E-state index in [-0.39, 0.29) is 18.0 Å². The van der Waals surface area contributed by atoms with E-state index in [1.165, 1.54) is 6.08 Å². The van der Waals surface area contributed by atoms with E-state index >= 15 is 0 Å². The van der Waals surface area contributed by atoms with Crippen LogP contribution in [0.25, 0.3) is 0 Å². The number of nitrogens with one attached hydrogen (secondary N) is 1. The molecule has 2 aliphatic heterocycles. The molecule has 28 heavy (non-hydrogen) atoms. The topological polar surface area (TPSA) is 55.9 Å². The van der Waals surface area contributed by atoms with Crippen molar-refractivity contribution in [2.45, 2.75) is 51.5 Å². The lowest BCUT2D eigenvalue weighted by Crippen LogP contribution is -2.52. The Hall–Kier alpha value is -2.12. The number of likely N-dealkylation sites (tertiary alicyclic amines) is 1. The monoisotopic (exact) mass is 391 g/mol. The van der Waals surface area contributed by atoms with Gasteiger partial charge in [0.1, 0.15) is 17.7 Å². The molecule has 0 amide bonds. The van der Waals surface area contributed by atoms with Gasteiger partial charge in [-0.3, -0.25) is 4.90 Å². The number of halogens is 1. The van der Waals surface area contributed by atoms with E-state index < -0.39 is 5.72 Å². The highest BCUT2D eigenvalue weighted by molar-refractivity contribution is 5.31. The predicted molar refractivity (Wildman–Crippen MR) is 106 cm³/mol. The number of piperidine rings is 1. The minimum absolute atomic E-state index is 0.0271. The smallest absolute Gasteiger partial charge is 0.216 e. The van der Waals surface area contributed by atoms with E-state index in [4.69, 9.17) is 14.2 Å². The molecule has 154 valence electrons. The fraction of sp³-hybridized carbons (Fsp3) is 0.571. The van der Waals surface area contributed by atoms with Crippen LogP contribution < -0.4 is 14.8 Å². The van der Waals surface area contributed by atoms with Gasteiger partial charge in [0.15, 0.2) is 5.72 Å². The highest BCUT2D eigenvalue weighted by Gasteiger charge is 2.33. The lowest BCUT2D eigenvalue weighted by molar-refractivity contribution is 0.0161. The Morgan fingerprint density at radius 3 is 2.86 bits per heavy atom. The van der Waals surface area contributed by atoms with Crippen molar-refractivity contribution in [1.82, 2.24) is 15.2 Å². The number of hydrogen-bond acceptors (Lipinski definition) is 6. The second-order valence-corrected chi connectivity index (χ2v) is 7.57. The van der Waals surface area contributed by atoms with E-state index in [0.29, 0.717) is 11.6 Å². The van der Waals surface area contributed by atoms with Crippen molar-refractivity contribution in [2.24, 2.45) is 0 Å². The van der Waals surface area contributed by atoms with Crippen molar-refractivity contribution >= 4 is 0 Å². The van der Waals surface area contributed by atoms with Gasteiger partial charge in [0.2, 0.25) is 5.88 Å². The molecule has 1 saturated heterocycles. The highest BCUT2D eigenvalue weighted by atomic mass is 19.1. The van der Waals surface area contributed by atoms with E-state index in [0.717, 1.165) is 37.4 Å². The molecule has 3 rings (SSSR count). The number of nitrogens with zero attached hydrogens (tertiary/aromatic N) is 2. The fourth-order valence-electron chi connectivity index (χ4n) is 3.68. The van der Waals surface area contributed by atoms with Crippen LogP contribution in [0.4, 0.5) is 4.39 Å². The summed E-state index contributed by atoms with van der Waals surface area (Å²) in [5, 5.41) is 3.20. The minimum Gasteiger partial charge on any atom is -0.489 e. The number of aromatic nitrogens is 1. The molecule has 0 radical (unpaired) electrons. The number of dihydropyridines is 1. The zero-order valence-electron chi connectivity index (χ0n) is 17.3. The van der Waals surface area contributed by atoms with Gasteiger partial charge in [0.25, 0.3) is 0 Å². The first kappa shape index (κ1) is 20.6. The summed E-state index contributed by atoms with van der Waals surface area (Å²) >= 11 is 0. The number of ether oxygens (including phenoxy) is 3. The molecule has 7 heteroatoms. The Morgan fingerprint density at radius 2 is 2.14 bits per heavy atom. The van der Waals surface area contributed by atoms with Gasteiger partial charge in [-0.1, -0.05) is 0 Å². The van der Waals surface area contributed by atoms with Crippen molar-refractivity contribution in [3.05, 3.63) is 41.5 Å². The molecule has 0 saturated carbocycles. The van der Waals surface area contributed by atoms with Crippen LogP contribution in [0.15, 0.2) is 35.8 Å². The third kappa shape index (κ3) is 4.64. The first-order valence-corrected chi connectivity index (χ1v) is 9.69. The standard InChI is InChI=1S/C21H30FN3O3/c1-14-11-17(12-19(23-14)26-4)28-16-7-6-10-25(13-16)15(2)20-18(22)8-9-21(3,24-20)27-5/h8-9,11-12,15-16,24H,6-7,10,13H2,1-5H3. The third-order valence-electron chi connectivity index (χ3n) is 5.40. The van der Waals surface area contributed by atoms with Crippen LogP contribution in [0.3, 0.4) is 0 Å². The molecule has 2 aliphatic rings. The van der Waals surface area contributed by atoms with E-state index in [9.17, 15) is 4.39 Å². The van der Waals surface area contributed by atoms with Crippen LogP contribution in [0, 0.1) is 6.92 Å². The zero-order valence-corrected chi connectivity index (χ0v) is 17.3. The van der Waals surface area contributed by atoms with Gasteiger partial charge in [-0.2, -0.15) is 0 Å². The maximum absolute atomic E-state index is 14.5. The average molecular weight is 391 g/mol. The van der Waals surface area contributed by atoms with Gasteiger partial charge in [0, 0.05) is 37.5 Å². The highest BCUT2D eigenvalue weighted by Crippen LogP contribution is 2.28. The van der Waals surface area contributed by atoms with E-state index in [1.807, 2.05) is 26.8 Å². The van der Waals surface area contributed by atoms with Gasteiger partial charge in [0.05, 0.1) is 12.8 Å². The molecular weight excluding hydrogens is 361 g/mol. The van der Waals surface area contributed by atoms with Crippen LogP contribution in [0.2, 0.25) is 0 Å². The molecule has 3 unspecified atom stereocenters. The largest absolute Gasteiger partial charge is 0.489 e. The maximum Gasteiger partial charge on any atom is 0.216 e. The maximum atomic E-state index is 14.5. The van der Waals surface area contributed by atoms with Gasteiger partial charge in [-0.25, -0.2) is 9.37 Å². The molecule has 3 heterocycles. The molecule has 1 aromatic rings. The molecule has 3 atom stereocenters. The average Bonchev–Trinajstić information content (AvgIpc) is 2.69. The van der Waals surface area contributed by atoms with E-state index in [2.05, 4.69) is 15.2 Å². The van der Waals surface area contributed by atoms with E-state index in [1.54, 1.807) is 26.4 Å². The van der Waals surface area contributed by atoms with Gasteiger partial charge in [-0.05, 0) is 52.3 Å². The van der Waals surface area contributed by atoms with Crippen LogP contribution in [0.1, 0.15) is 32.4 Å². The summed E-state index contributed by atoms with van der Waals surface area (Å²) in [5.74, 6) is 1.04. The summed E-state index contributed by atoms with van der Waals surface area (Å²) in [5.41, 5.74) is 0.698. The normalized spacial score (nSPS) is 26.7. The van der Waals surface area contributed by atoms with Gasteiger partial charge >= 0.3 is 0 Å². The van der Waals surface area contributed by atoms with Gasteiger partial charge in [-0.15, -0.1) is 0 Å². The number of rotatable bonds is 6. The molecular formula is C21H30FN3O3. The Bertz CT molecular complexity index is 767. The van der Waals surface area contributed by atoms with Crippen LogP contribution in [-0.4, -0.2) is 55.1 Å².